The summed E-state index contributed by atoms with van der Waals surface area (Å²) in [5.41, 5.74) is 2.72. The highest BCUT2D eigenvalue weighted by Gasteiger charge is 2.17. The lowest BCUT2D eigenvalue weighted by molar-refractivity contribution is 0.569. The van der Waals surface area contributed by atoms with Gasteiger partial charge in [-0.15, -0.1) is 0 Å². The van der Waals surface area contributed by atoms with Crippen LogP contribution >= 0.6 is 0 Å². The maximum Gasteiger partial charge on any atom is 0.227 e. The molecule has 0 atom stereocenters. The van der Waals surface area contributed by atoms with E-state index in [2.05, 4.69) is 25.1 Å². The number of hydrogen-bond acceptors (Lipinski definition) is 4. The lowest BCUT2D eigenvalue weighted by Crippen LogP contribution is -2.31. The van der Waals surface area contributed by atoms with Gasteiger partial charge in [-0.05, 0) is 31.4 Å². The largest absolute Gasteiger partial charge is 0.346 e. The van der Waals surface area contributed by atoms with Gasteiger partial charge in [0.05, 0.1) is 5.69 Å². The first-order chi connectivity index (χ1) is 9.92. The maximum atomic E-state index is 4.76. The number of nitrogens with one attached hydrogen (secondary N) is 2. The van der Waals surface area contributed by atoms with E-state index in [0.29, 0.717) is 0 Å². The molecule has 1 aliphatic rings. The Bertz CT molecular complexity index is 708. The van der Waals surface area contributed by atoms with Crippen molar-refractivity contribution in [3.8, 4) is 11.4 Å². The zero-order valence-electron chi connectivity index (χ0n) is 11.1. The summed E-state index contributed by atoms with van der Waals surface area (Å²) in [6.45, 7) is 2.07. The third-order valence-electron chi connectivity index (χ3n) is 3.80. The molecule has 3 aromatic rings. The van der Waals surface area contributed by atoms with Gasteiger partial charge >= 0.3 is 0 Å². The molecular formula is C14H16N6. The van der Waals surface area contributed by atoms with Crippen molar-refractivity contribution in [1.29, 1.82) is 0 Å². The van der Waals surface area contributed by atoms with Crippen LogP contribution in [0.4, 0.5) is 5.95 Å². The van der Waals surface area contributed by atoms with Crippen LogP contribution in [0.5, 0.6) is 0 Å². The first-order valence-corrected chi connectivity index (χ1v) is 7.01. The predicted molar refractivity (Wildman–Crippen MR) is 77.5 cm³/mol. The molecule has 0 unspecified atom stereocenters. The Kier molecular flexibility index (Phi) is 2.65. The van der Waals surface area contributed by atoms with Gasteiger partial charge in [0.1, 0.15) is 11.3 Å². The van der Waals surface area contributed by atoms with Crippen molar-refractivity contribution in [1.82, 2.24) is 25.1 Å². The van der Waals surface area contributed by atoms with Crippen LogP contribution in [0, 0.1) is 0 Å². The summed E-state index contributed by atoms with van der Waals surface area (Å²) in [6, 6.07) is 3.94. The molecule has 1 fully saturated rings. The van der Waals surface area contributed by atoms with Crippen LogP contribution in [0.3, 0.4) is 0 Å². The van der Waals surface area contributed by atoms with E-state index in [4.69, 9.17) is 4.98 Å². The summed E-state index contributed by atoms with van der Waals surface area (Å²) in [7, 11) is 0. The molecule has 0 radical (unpaired) electrons. The van der Waals surface area contributed by atoms with Crippen LogP contribution in [0.1, 0.15) is 19.3 Å². The molecule has 0 bridgehead atoms. The minimum Gasteiger partial charge on any atom is -0.346 e. The number of aromatic nitrogens is 5. The Balaban J connectivity index is 1.86. The number of aromatic amines is 2. The minimum absolute atomic E-state index is 0.809. The molecule has 0 spiro atoms. The maximum absolute atomic E-state index is 4.76. The number of H-pyrrole nitrogens is 2. The van der Waals surface area contributed by atoms with Crippen LogP contribution in [0.2, 0.25) is 0 Å². The highest BCUT2D eigenvalue weighted by molar-refractivity contribution is 5.90. The molecule has 102 valence electrons. The molecule has 1 saturated heterocycles. The number of hydrogen-bond donors (Lipinski definition) is 2. The quantitative estimate of drug-likeness (QED) is 0.748. The van der Waals surface area contributed by atoms with Gasteiger partial charge in [-0.2, -0.15) is 10.1 Å². The van der Waals surface area contributed by atoms with Crippen molar-refractivity contribution >= 4 is 17.0 Å². The molecule has 0 aliphatic carbocycles. The van der Waals surface area contributed by atoms with Gasteiger partial charge in [0.15, 0.2) is 0 Å². The van der Waals surface area contributed by atoms with Gasteiger partial charge in [-0.25, -0.2) is 4.98 Å². The first kappa shape index (κ1) is 11.5. The van der Waals surface area contributed by atoms with Gasteiger partial charge in [-0.3, -0.25) is 5.10 Å². The lowest BCUT2D eigenvalue weighted by atomic mass is 10.1. The Morgan fingerprint density at radius 1 is 1.05 bits per heavy atom. The second-order valence-corrected chi connectivity index (χ2v) is 5.13. The molecule has 0 amide bonds. The van der Waals surface area contributed by atoms with Crippen LogP contribution < -0.4 is 4.90 Å². The summed E-state index contributed by atoms with van der Waals surface area (Å²) in [5.74, 6) is 0.809. The Morgan fingerprint density at radius 3 is 2.75 bits per heavy atom. The minimum atomic E-state index is 0.809. The van der Waals surface area contributed by atoms with Crippen LogP contribution in [-0.4, -0.2) is 38.2 Å². The highest BCUT2D eigenvalue weighted by atomic mass is 15.3. The fraction of sp³-hybridized carbons (Fsp3) is 0.357. The third kappa shape index (κ3) is 1.84. The fourth-order valence-electron chi connectivity index (χ4n) is 2.76. The SMILES string of the molecule is c1cc(-c2nc(N3CCCCC3)nc3[nH]ccc23)[nH]n1. The van der Waals surface area contributed by atoms with E-state index in [1.165, 1.54) is 19.3 Å². The van der Waals surface area contributed by atoms with Crippen molar-refractivity contribution < 1.29 is 0 Å². The van der Waals surface area contributed by atoms with E-state index < -0.39 is 0 Å². The smallest absolute Gasteiger partial charge is 0.227 e. The van der Waals surface area contributed by atoms with Gasteiger partial charge in [0, 0.05) is 30.9 Å². The second kappa shape index (κ2) is 4.63. The summed E-state index contributed by atoms with van der Waals surface area (Å²) in [6.07, 6.45) is 7.38. The molecule has 20 heavy (non-hydrogen) atoms. The molecule has 2 N–H and O–H groups in total. The Morgan fingerprint density at radius 2 is 1.95 bits per heavy atom. The Hall–Kier alpha value is -2.37. The normalized spacial score (nSPS) is 15.9. The number of piperidine rings is 1. The zero-order valence-corrected chi connectivity index (χ0v) is 11.1. The van der Waals surface area contributed by atoms with Gasteiger partial charge in [-0.1, -0.05) is 0 Å². The molecular weight excluding hydrogens is 252 g/mol. The lowest BCUT2D eigenvalue weighted by Gasteiger charge is -2.26. The molecule has 1 aliphatic heterocycles. The second-order valence-electron chi connectivity index (χ2n) is 5.13. The van der Waals surface area contributed by atoms with Crippen molar-refractivity contribution in [2.45, 2.75) is 19.3 Å². The zero-order chi connectivity index (χ0) is 13.4. The van der Waals surface area contributed by atoms with E-state index in [1.54, 1.807) is 6.20 Å². The van der Waals surface area contributed by atoms with Gasteiger partial charge in [0.2, 0.25) is 5.95 Å². The van der Waals surface area contributed by atoms with Crippen molar-refractivity contribution in [2.24, 2.45) is 0 Å². The summed E-state index contributed by atoms with van der Waals surface area (Å²) in [5, 5.41) is 8.04. The first-order valence-electron chi connectivity index (χ1n) is 7.01. The van der Waals surface area contributed by atoms with E-state index in [-0.39, 0.29) is 0 Å². The number of anilines is 1. The van der Waals surface area contributed by atoms with E-state index in [9.17, 15) is 0 Å². The van der Waals surface area contributed by atoms with Crippen molar-refractivity contribution in [3.63, 3.8) is 0 Å². The van der Waals surface area contributed by atoms with E-state index in [1.807, 2.05) is 18.3 Å². The summed E-state index contributed by atoms with van der Waals surface area (Å²) in [4.78, 5) is 14.9. The average molecular weight is 268 g/mol. The summed E-state index contributed by atoms with van der Waals surface area (Å²) >= 11 is 0. The number of nitrogens with zero attached hydrogens (tertiary/aromatic N) is 4. The van der Waals surface area contributed by atoms with Crippen LogP contribution in [0.15, 0.2) is 24.5 Å². The van der Waals surface area contributed by atoms with Crippen LogP contribution in [-0.2, 0) is 0 Å². The molecule has 6 heteroatoms. The fourth-order valence-corrected chi connectivity index (χ4v) is 2.76. The number of rotatable bonds is 2. The third-order valence-corrected chi connectivity index (χ3v) is 3.80. The molecule has 6 nitrogen and oxygen atoms in total. The van der Waals surface area contributed by atoms with E-state index in [0.717, 1.165) is 41.5 Å². The standard InChI is InChI=1S/C14H16N6/c1-2-8-20(9-3-1)14-17-12(11-5-7-16-19-11)10-4-6-15-13(10)18-14/h4-7H,1-3,8-9H2,(H,16,19)(H,15,17,18). The topological polar surface area (TPSA) is 73.5 Å². The number of fused-ring (bicyclic) bond motifs is 1. The summed E-state index contributed by atoms with van der Waals surface area (Å²) < 4.78 is 0. The Labute approximate surface area is 116 Å². The van der Waals surface area contributed by atoms with Crippen molar-refractivity contribution in [3.05, 3.63) is 24.5 Å². The molecule has 0 saturated carbocycles. The van der Waals surface area contributed by atoms with Crippen LogP contribution in [0.25, 0.3) is 22.4 Å². The molecule has 4 heterocycles. The van der Waals surface area contributed by atoms with Crippen molar-refractivity contribution in [2.75, 3.05) is 18.0 Å². The van der Waals surface area contributed by atoms with Gasteiger partial charge in [0.25, 0.3) is 0 Å². The molecule has 3 aromatic heterocycles. The predicted octanol–water partition coefficient (Wildman–Crippen LogP) is 2.34. The molecule has 4 rings (SSSR count). The molecule has 0 aromatic carbocycles. The van der Waals surface area contributed by atoms with E-state index >= 15 is 0 Å². The highest BCUT2D eigenvalue weighted by Crippen LogP contribution is 2.27. The monoisotopic (exact) mass is 268 g/mol. The van der Waals surface area contributed by atoms with Gasteiger partial charge < -0.3 is 9.88 Å². The average Bonchev–Trinajstić information content (AvgIpc) is 3.18.